The van der Waals surface area contributed by atoms with E-state index in [-0.39, 0.29) is 126 Å². The molecule has 0 aliphatic carbocycles. The third-order valence-electron chi connectivity index (χ3n) is 23.5. The average molecular weight is 1900 g/mol. The van der Waals surface area contributed by atoms with Crippen LogP contribution in [0.3, 0.4) is 0 Å². The number of hydrogen-bond donors (Lipinski definition) is 12. The molecule has 0 aliphatic rings. The largest absolute Gasteiger partial charge is 0.508 e. The molecule has 2 unspecified atom stereocenters. The summed E-state index contributed by atoms with van der Waals surface area (Å²) in [5.41, 5.74) is 44.5. The van der Waals surface area contributed by atoms with Crippen LogP contribution in [0.15, 0.2) is 247 Å². The highest BCUT2D eigenvalue weighted by atomic mass is 16.6. The lowest BCUT2D eigenvalue weighted by Gasteiger charge is -2.26. The summed E-state index contributed by atoms with van der Waals surface area (Å²) >= 11 is 0. The Balaban J connectivity index is 0.000000431. The molecular formula is C108H133N13O18. The number of alkyl carbamates (subject to hydrolysis) is 3. The maximum absolute atomic E-state index is 15.3. The number of carbonyl (C=O) groups is 12. The lowest BCUT2D eigenvalue weighted by Crippen LogP contribution is -2.47. The predicted octanol–water partition coefficient (Wildman–Crippen LogP) is 12.8. The van der Waals surface area contributed by atoms with Crippen molar-refractivity contribution >= 4 is 82.8 Å². The number of nitrogens with two attached hydrogens (primary N) is 6. The number of aromatic hydroxyl groups is 1. The van der Waals surface area contributed by atoms with Crippen molar-refractivity contribution in [2.75, 3.05) is 26.2 Å². The number of esters is 1. The summed E-state index contributed by atoms with van der Waals surface area (Å²) < 4.78 is 28.2. The first-order chi connectivity index (χ1) is 66.9. The number of hydrogen-bond acceptors (Lipinski definition) is 22. The van der Waals surface area contributed by atoms with Crippen molar-refractivity contribution in [2.24, 2.45) is 68.1 Å². The van der Waals surface area contributed by atoms with Crippen LogP contribution in [0.4, 0.5) is 14.4 Å². The fraction of sp³-hybridized carbons (Fsp3) is 0.370. The number of unbranched alkanes of at least 4 members (excludes halogenated alkanes) is 2. The van der Waals surface area contributed by atoms with Crippen LogP contribution >= 0.6 is 0 Å². The summed E-state index contributed by atoms with van der Waals surface area (Å²) in [4.78, 5) is 173. The molecule has 139 heavy (non-hydrogen) atoms. The van der Waals surface area contributed by atoms with Gasteiger partial charge in [-0.05, 0) is 221 Å². The number of phenols is 1. The third-order valence-corrected chi connectivity index (χ3v) is 23.5. The van der Waals surface area contributed by atoms with Gasteiger partial charge in [-0.15, -0.1) is 0 Å². The van der Waals surface area contributed by atoms with E-state index in [0.717, 1.165) is 66.8 Å². The number of nitrogens with zero attached hydrogens (tertiary/aromatic N) is 2. The highest BCUT2D eigenvalue weighted by Crippen LogP contribution is 2.30. The molecule has 0 bridgehead atoms. The average Bonchev–Trinajstić information content (AvgIpc) is 0.827. The van der Waals surface area contributed by atoms with Gasteiger partial charge >= 0.3 is 24.2 Å². The molecule has 31 nitrogen and oxygen atoms in total. The van der Waals surface area contributed by atoms with Gasteiger partial charge in [-0.1, -0.05) is 212 Å². The molecule has 0 saturated heterocycles. The van der Waals surface area contributed by atoms with Crippen molar-refractivity contribution in [3.63, 3.8) is 0 Å². The number of guanidine groups is 1. The van der Waals surface area contributed by atoms with Gasteiger partial charge in [0.05, 0.1) is 24.2 Å². The van der Waals surface area contributed by atoms with Gasteiger partial charge in [0.15, 0.2) is 23.3 Å². The first-order valence-corrected chi connectivity index (χ1v) is 47.0. The molecule has 18 N–H and O–H groups in total. The second-order valence-corrected chi connectivity index (χ2v) is 34.6. The summed E-state index contributed by atoms with van der Waals surface area (Å²) in [5, 5.41) is 24.0. The molecule has 9 aromatic carbocycles. The SMILES string of the molecule is Cc1cc(O)cc(C)c1CC(CC(=O)[C@H](N)CCCN=C(N)N)C(=O)N[C@@H](CCCCN)C(=O)C[C@@H](Cc1ccccc1)C(N)=O.Cc1cc(OCc2ccccc2)cc(C)c1CC(CC(=O)[C@@H](CCCN=C(CC(=O)OCc1ccccc1)NC(=O)OCc1ccccc1)NC(=O)OCc1ccccc1)C(=O)N[C@@H](CCCCNC(=O)OCc1ccccc1)C(=O)C[C@@H](Cc1ccccc1)C(N)=O. The number of ketones is 4. The first-order valence-electron chi connectivity index (χ1n) is 47.0. The van der Waals surface area contributed by atoms with Crippen LogP contribution in [-0.4, -0.2) is 138 Å². The molecule has 31 heteroatoms. The fourth-order valence-corrected chi connectivity index (χ4v) is 15.8. The van der Waals surface area contributed by atoms with E-state index in [4.69, 9.17) is 58.1 Å². The second kappa shape index (κ2) is 60.0. The molecule has 9 rings (SSSR count). The zero-order valence-electron chi connectivity index (χ0n) is 79.7. The maximum Gasteiger partial charge on any atom is 0.412 e. The highest BCUT2D eigenvalue weighted by molar-refractivity contribution is 6.04. The van der Waals surface area contributed by atoms with Crippen LogP contribution in [0.2, 0.25) is 0 Å². The van der Waals surface area contributed by atoms with E-state index in [0.29, 0.717) is 82.4 Å². The minimum absolute atomic E-state index is 0.00723. The Morgan fingerprint density at radius 3 is 1.14 bits per heavy atom. The Morgan fingerprint density at radius 2 is 0.719 bits per heavy atom. The van der Waals surface area contributed by atoms with Crippen LogP contribution in [0.5, 0.6) is 11.5 Å². The van der Waals surface area contributed by atoms with E-state index < -0.39 is 120 Å². The van der Waals surface area contributed by atoms with E-state index in [1.807, 2.05) is 191 Å². The molecular weight excluding hydrogens is 1770 g/mol. The van der Waals surface area contributed by atoms with E-state index >= 15 is 9.59 Å². The molecule has 0 fully saturated rings. The van der Waals surface area contributed by atoms with Crippen LogP contribution < -0.4 is 65.7 Å². The van der Waals surface area contributed by atoms with Crippen LogP contribution in [0.1, 0.15) is 169 Å². The number of aliphatic imine (C=N–C) groups is 2. The molecule has 7 amide bonds. The molecule has 0 aromatic heterocycles. The topological polar surface area (TPSA) is 512 Å². The quantitative estimate of drug-likeness (QED) is 0.00554. The number of phenolic OH excluding ortho intramolecular Hbond substituents is 1. The van der Waals surface area contributed by atoms with Gasteiger partial charge in [-0.3, -0.25) is 58.5 Å². The predicted molar refractivity (Wildman–Crippen MR) is 532 cm³/mol. The zero-order valence-corrected chi connectivity index (χ0v) is 79.7. The molecule has 8 atom stereocenters. The monoisotopic (exact) mass is 1900 g/mol. The van der Waals surface area contributed by atoms with E-state index in [9.17, 15) is 53.1 Å². The van der Waals surface area contributed by atoms with Gasteiger partial charge < -0.3 is 84.5 Å². The Labute approximate surface area is 812 Å². The van der Waals surface area contributed by atoms with Gasteiger partial charge in [0.1, 0.15) is 62.6 Å². The van der Waals surface area contributed by atoms with E-state index in [1.54, 1.807) is 72.8 Å². The smallest absolute Gasteiger partial charge is 0.412 e. The minimum atomic E-state index is -1.27. The summed E-state index contributed by atoms with van der Waals surface area (Å²) in [7, 11) is 0. The van der Waals surface area contributed by atoms with Crippen molar-refractivity contribution < 1.29 is 86.3 Å². The van der Waals surface area contributed by atoms with Gasteiger partial charge in [0.2, 0.25) is 23.6 Å². The van der Waals surface area contributed by atoms with Crippen molar-refractivity contribution in [3.05, 3.63) is 309 Å². The van der Waals surface area contributed by atoms with E-state index in [1.165, 1.54) is 0 Å². The van der Waals surface area contributed by atoms with Gasteiger partial charge in [-0.25, -0.2) is 14.4 Å². The molecule has 9 aromatic rings. The van der Waals surface area contributed by atoms with Crippen LogP contribution in [0.25, 0.3) is 0 Å². The van der Waals surface area contributed by atoms with Gasteiger partial charge in [0, 0.05) is 69.0 Å². The molecule has 0 aliphatic heterocycles. The zero-order chi connectivity index (χ0) is 100. The normalized spacial score (nSPS) is 12.8. The number of primary amides is 2. The number of rotatable bonds is 57. The van der Waals surface area contributed by atoms with Crippen molar-refractivity contribution in [3.8, 4) is 11.5 Å². The maximum atomic E-state index is 15.3. The number of amidine groups is 1. The van der Waals surface area contributed by atoms with Crippen molar-refractivity contribution in [1.82, 2.24) is 26.6 Å². The Kier molecular flexibility index (Phi) is 47.3. The standard InChI is InChI=1S/C74H82N6O13.C34H51N7O5/c1-52-40-62(89-47-55-26-11-4-12-27-55)41-53(2)63(52)43-61(71(85)78-64(66(81)44-60(70(75)84)42-54-24-9-3-10-25-54)36-21-22-38-77-72(86)91-49-57-30-15-6-16-31-57)45-67(82)65(79-73(87)92-50-58-32-17-7-18-33-58)37-23-39-76-68(46-69(83)90-48-56-28-13-5-14-29-56)80-74(88)93-51-59-34-19-8-20-35-59;1-21-15-26(42)16-22(2)27(21)18-25(20-30(43)28(36)11-8-14-40-34(38)39)33(46)41-29(12-6-7-13-35)31(44)19-24(32(37)45)17-23-9-4-3-5-10-23/h3-20,24-35,40-41,60-61,64-65H,21-23,36-39,42-51H2,1-2H3,(H2,75,84)(H,77,86)(H,78,85)(H,79,87)(H,76,80,88);3-5,9-10,15-16,24-25,28-29,42H,6-8,11-14,17-20,35-36H2,1-2H3,(H2,37,45)(H,41,46)(H4,38,39,40)/t60-,61?,64+,65-;24-,25?,28-,29+/m11/s1. The number of aryl methyl sites for hydroxylation is 4. The minimum Gasteiger partial charge on any atom is -0.508 e. The molecule has 0 saturated carbocycles. The molecule has 0 heterocycles. The van der Waals surface area contributed by atoms with E-state index in [2.05, 4.69) is 36.6 Å². The second-order valence-electron chi connectivity index (χ2n) is 34.6. The van der Waals surface area contributed by atoms with Crippen molar-refractivity contribution in [1.29, 1.82) is 0 Å². The summed E-state index contributed by atoms with van der Waals surface area (Å²) in [6, 6.07) is 67.1. The summed E-state index contributed by atoms with van der Waals surface area (Å²) in [5.74, 6) is -7.81. The van der Waals surface area contributed by atoms with Gasteiger partial charge in [-0.2, -0.15) is 0 Å². The third kappa shape index (κ3) is 41.4. The Bertz CT molecular complexity index is 5380. The lowest BCUT2D eigenvalue weighted by atomic mass is 9.86. The number of Topliss-reactive ketones (excluding diaryl/α,β-unsaturated/α-hetero) is 4. The summed E-state index contributed by atoms with van der Waals surface area (Å²) in [6.45, 7) is 8.45. The van der Waals surface area contributed by atoms with Crippen LogP contribution in [0, 0.1) is 51.4 Å². The number of ether oxygens (including phenoxy) is 5. The van der Waals surface area contributed by atoms with Gasteiger partial charge in [0.25, 0.3) is 0 Å². The lowest BCUT2D eigenvalue weighted by molar-refractivity contribution is -0.143. The van der Waals surface area contributed by atoms with Crippen molar-refractivity contribution in [2.45, 2.75) is 207 Å². The highest BCUT2D eigenvalue weighted by Gasteiger charge is 2.36. The molecule has 0 spiro atoms. The molecule has 0 radical (unpaired) electrons. The number of benzene rings is 9. The number of amides is 7. The fourth-order valence-electron chi connectivity index (χ4n) is 15.8. The number of nitrogens with one attached hydrogen (secondary N) is 5. The summed E-state index contributed by atoms with van der Waals surface area (Å²) in [6.07, 6.45) is 0.0307. The van der Waals surface area contributed by atoms with Crippen LogP contribution in [-0.2, 0) is 121 Å². The molecule has 738 valence electrons. The Hall–Kier alpha value is -14.7. The number of carbonyl (C=O) groups excluding carboxylic acids is 12. The Morgan fingerprint density at radius 1 is 0.367 bits per heavy atom. The first kappa shape index (κ1) is 110.